The minimum Gasteiger partial charge on any atom is -0.502 e. The molecule has 0 saturated heterocycles. The SMILES string of the molecule is CC1(C)[C@@H]2[C@H]1CC[C@@](C)(N=Cc1cc([N+](=O)[O-])cc([N+](=O)[O-])c1O)[C@H]2CO. The summed E-state index contributed by atoms with van der Waals surface area (Å²) in [6.07, 6.45) is 2.95. The van der Waals surface area contributed by atoms with Crippen molar-refractivity contribution in [2.75, 3.05) is 6.61 Å². The van der Waals surface area contributed by atoms with Crippen molar-refractivity contribution in [2.45, 2.75) is 39.2 Å². The van der Waals surface area contributed by atoms with Gasteiger partial charge in [0, 0.05) is 30.4 Å². The summed E-state index contributed by atoms with van der Waals surface area (Å²) in [6.45, 7) is 6.24. The van der Waals surface area contributed by atoms with Crippen LogP contribution in [0.15, 0.2) is 17.1 Å². The number of nitro benzene ring substituents is 2. The molecule has 9 heteroatoms. The van der Waals surface area contributed by atoms with Gasteiger partial charge < -0.3 is 10.2 Å². The van der Waals surface area contributed by atoms with E-state index in [0.29, 0.717) is 11.8 Å². The molecule has 2 aliphatic rings. The zero-order chi connectivity index (χ0) is 20.1. The number of phenolic OH excluding ortho intramolecular Hbond substituents is 1. The van der Waals surface area contributed by atoms with Gasteiger partial charge >= 0.3 is 5.69 Å². The number of hydrogen-bond acceptors (Lipinski definition) is 7. The fraction of sp³-hybridized carbons (Fsp3) is 0.611. The Morgan fingerprint density at radius 2 is 1.93 bits per heavy atom. The minimum atomic E-state index is -0.865. The Hall–Kier alpha value is -2.55. The van der Waals surface area contributed by atoms with Gasteiger partial charge in [0.15, 0.2) is 0 Å². The summed E-state index contributed by atoms with van der Waals surface area (Å²) in [4.78, 5) is 25.1. The van der Waals surface area contributed by atoms with Crippen LogP contribution in [0, 0.1) is 43.4 Å². The van der Waals surface area contributed by atoms with Crippen molar-refractivity contribution in [1.82, 2.24) is 0 Å². The van der Waals surface area contributed by atoms with Crippen LogP contribution in [0.25, 0.3) is 0 Å². The van der Waals surface area contributed by atoms with Crippen molar-refractivity contribution in [2.24, 2.45) is 28.2 Å². The molecule has 0 aliphatic heterocycles. The molecule has 0 amide bonds. The lowest BCUT2D eigenvalue weighted by Crippen LogP contribution is -2.40. The maximum Gasteiger partial charge on any atom is 0.318 e. The maximum atomic E-state index is 11.1. The molecule has 0 spiro atoms. The van der Waals surface area contributed by atoms with Crippen molar-refractivity contribution in [1.29, 1.82) is 0 Å². The van der Waals surface area contributed by atoms with E-state index in [1.54, 1.807) is 0 Å². The van der Waals surface area contributed by atoms with Gasteiger partial charge in [0.2, 0.25) is 5.75 Å². The molecule has 0 aromatic heterocycles. The van der Waals surface area contributed by atoms with Gasteiger partial charge in [0.25, 0.3) is 5.69 Å². The number of aromatic hydroxyl groups is 1. The number of aliphatic imine (C=N–C) groups is 1. The van der Waals surface area contributed by atoms with Crippen molar-refractivity contribution in [3.8, 4) is 5.75 Å². The normalized spacial score (nSPS) is 31.5. The zero-order valence-corrected chi connectivity index (χ0v) is 15.5. The van der Waals surface area contributed by atoms with Crippen LogP contribution in [0.2, 0.25) is 0 Å². The average Bonchev–Trinajstić information content (AvgIpc) is 3.14. The monoisotopic (exact) mass is 377 g/mol. The van der Waals surface area contributed by atoms with E-state index in [0.717, 1.165) is 25.0 Å². The third kappa shape index (κ3) is 3.05. The van der Waals surface area contributed by atoms with Gasteiger partial charge in [-0.2, -0.15) is 0 Å². The van der Waals surface area contributed by atoms with E-state index in [9.17, 15) is 30.4 Å². The van der Waals surface area contributed by atoms with Crippen LogP contribution < -0.4 is 0 Å². The van der Waals surface area contributed by atoms with Crippen molar-refractivity contribution in [3.63, 3.8) is 0 Å². The van der Waals surface area contributed by atoms with Crippen LogP contribution in [0.5, 0.6) is 5.75 Å². The highest BCUT2D eigenvalue weighted by atomic mass is 16.6. The van der Waals surface area contributed by atoms with E-state index in [4.69, 9.17) is 0 Å². The molecule has 2 aliphatic carbocycles. The Morgan fingerprint density at radius 1 is 1.26 bits per heavy atom. The van der Waals surface area contributed by atoms with Gasteiger partial charge in [-0.1, -0.05) is 13.8 Å². The molecule has 1 aromatic rings. The van der Waals surface area contributed by atoms with Crippen LogP contribution >= 0.6 is 0 Å². The van der Waals surface area contributed by atoms with E-state index >= 15 is 0 Å². The standard InChI is InChI=1S/C18H23N3O6/c1-17(2)12-4-5-18(3,13(9-22)15(12)17)19-8-10-6-11(20(24)25)7-14(16(10)23)21(26)27/h6-8,12-13,15,22-23H,4-5,9H2,1-3H3/t12-,13+,15-,18-/m1/s1. The van der Waals surface area contributed by atoms with Gasteiger partial charge in [-0.25, -0.2) is 0 Å². The van der Waals surface area contributed by atoms with E-state index in [1.165, 1.54) is 6.21 Å². The van der Waals surface area contributed by atoms with E-state index in [2.05, 4.69) is 18.8 Å². The van der Waals surface area contributed by atoms with Gasteiger partial charge in [-0.15, -0.1) is 0 Å². The molecule has 3 rings (SSSR count). The molecule has 2 saturated carbocycles. The van der Waals surface area contributed by atoms with Gasteiger partial charge in [0.05, 0.1) is 21.5 Å². The average molecular weight is 377 g/mol. The first-order chi connectivity index (χ1) is 12.5. The summed E-state index contributed by atoms with van der Waals surface area (Å²) in [6, 6.07) is 1.79. The largest absolute Gasteiger partial charge is 0.502 e. The van der Waals surface area contributed by atoms with E-state index in [-0.39, 0.29) is 23.5 Å². The van der Waals surface area contributed by atoms with Crippen LogP contribution in [0.4, 0.5) is 11.4 Å². The summed E-state index contributed by atoms with van der Waals surface area (Å²) in [5.41, 5.74) is -1.76. The third-order valence-electron chi connectivity index (χ3n) is 6.54. The molecule has 2 N–H and O–H groups in total. The quantitative estimate of drug-likeness (QED) is 0.459. The summed E-state index contributed by atoms with van der Waals surface area (Å²) >= 11 is 0. The predicted octanol–water partition coefficient (Wildman–Crippen LogP) is 3.06. The van der Waals surface area contributed by atoms with Gasteiger partial charge in [-0.3, -0.25) is 25.2 Å². The first-order valence-electron chi connectivity index (χ1n) is 8.85. The Balaban J connectivity index is 1.98. The smallest absolute Gasteiger partial charge is 0.318 e. The molecule has 146 valence electrons. The number of hydrogen-bond donors (Lipinski definition) is 2. The summed E-state index contributed by atoms with van der Waals surface area (Å²) in [5.74, 6) is 0.161. The highest BCUT2D eigenvalue weighted by Gasteiger charge is 2.66. The first-order valence-corrected chi connectivity index (χ1v) is 8.85. The molecule has 0 radical (unpaired) electrons. The highest BCUT2D eigenvalue weighted by Crippen LogP contribution is 2.69. The zero-order valence-electron chi connectivity index (χ0n) is 15.5. The number of non-ortho nitro benzene ring substituents is 1. The van der Waals surface area contributed by atoms with Gasteiger partial charge in [0.1, 0.15) is 0 Å². The Kier molecular flexibility index (Phi) is 4.46. The molecular weight excluding hydrogens is 354 g/mol. The molecule has 2 fully saturated rings. The summed E-state index contributed by atoms with van der Waals surface area (Å²) in [7, 11) is 0. The fourth-order valence-corrected chi connectivity index (χ4v) is 4.81. The number of aliphatic hydroxyl groups is 1. The number of phenols is 1. The molecule has 0 heterocycles. The summed E-state index contributed by atoms with van der Waals surface area (Å²) in [5, 5.41) is 42.2. The van der Waals surface area contributed by atoms with Crippen LogP contribution in [0.1, 0.15) is 39.2 Å². The van der Waals surface area contributed by atoms with Crippen molar-refractivity contribution in [3.05, 3.63) is 37.9 Å². The fourth-order valence-electron chi connectivity index (χ4n) is 4.81. The molecule has 9 nitrogen and oxygen atoms in total. The summed E-state index contributed by atoms with van der Waals surface area (Å²) < 4.78 is 0. The Morgan fingerprint density at radius 3 is 2.48 bits per heavy atom. The predicted molar refractivity (Wildman–Crippen MR) is 98.0 cm³/mol. The van der Waals surface area contributed by atoms with Gasteiger partial charge in [-0.05, 0) is 37.0 Å². The second kappa shape index (κ2) is 6.26. The third-order valence-corrected chi connectivity index (χ3v) is 6.54. The number of aliphatic hydroxyl groups excluding tert-OH is 1. The second-order valence-electron chi connectivity index (χ2n) is 8.31. The molecule has 0 bridgehead atoms. The Labute approximate surface area is 156 Å². The minimum absolute atomic E-state index is 0.0283. The van der Waals surface area contributed by atoms with Crippen molar-refractivity contribution < 1.29 is 20.1 Å². The van der Waals surface area contributed by atoms with Crippen LogP contribution in [-0.2, 0) is 0 Å². The molecule has 4 atom stereocenters. The molecular formula is C18H23N3O6. The lowest BCUT2D eigenvalue weighted by molar-refractivity contribution is -0.394. The van der Waals surface area contributed by atoms with Crippen LogP contribution in [0.3, 0.4) is 0 Å². The Bertz CT molecular complexity index is 837. The molecule has 1 aromatic carbocycles. The number of fused-ring (bicyclic) bond motifs is 1. The molecule has 0 unspecified atom stereocenters. The number of benzene rings is 1. The maximum absolute atomic E-state index is 11.1. The lowest BCUT2D eigenvalue weighted by atomic mass is 9.74. The highest BCUT2D eigenvalue weighted by molar-refractivity contribution is 5.87. The number of nitro groups is 2. The van der Waals surface area contributed by atoms with E-state index in [1.807, 2.05) is 6.92 Å². The number of rotatable bonds is 5. The van der Waals surface area contributed by atoms with Crippen LogP contribution in [-0.4, -0.2) is 38.4 Å². The molecule has 27 heavy (non-hydrogen) atoms. The second-order valence-corrected chi connectivity index (χ2v) is 8.31. The van der Waals surface area contributed by atoms with Crippen molar-refractivity contribution >= 4 is 17.6 Å². The number of nitrogens with zero attached hydrogens (tertiary/aromatic N) is 3. The lowest BCUT2D eigenvalue weighted by Gasteiger charge is -2.37. The first kappa shape index (κ1) is 19.2. The van der Waals surface area contributed by atoms with E-state index < -0.39 is 32.5 Å². The topological polar surface area (TPSA) is 139 Å².